The number of carbonyl (C=O) groups is 1. The van der Waals surface area contributed by atoms with E-state index in [1.165, 1.54) is 27.8 Å². The van der Waals surface area contributed by atoms with Crippen molar-refractivity contribution in [3.8, 4) is 11.1 Å². The van der Waals surface area contributed by atoms with Crippen LogP contribution in [0, 0.1) is 13.8 Å². The van der Waals surface area contributed by atoms with Gasteiger partial charge in [0.1, 0.15) is 0 Å². The second-order valence-electron chi connectivity index (χ2n) is 9.20. The summed E-state index contributed by atoms with van der Waals surface area (Å²) < 4.78 is 0. The molecular weight excluding hydrogens is 430 g/mol. The summed E-state index contributed by atoms with van der Waals surface area (Å²) in [6.45, 7) is 6.28. The van der Waals surface area contributed by atoms with Crippen LogP contribution in [0.2, 0.25) is 0 Å². The van der Waals surface area contributed by atoms with Gasteiger partial charge in [-0.2, -0.15) is 0 Å². The van der Waals surface area contributed by atoms with Crippen LogP contribution in [0.5, 0.6) is 0 Å². The molecule has 176 valence electrons. The number of nitrogens with one attached hydrogen (secondary N) is 1. The first-order valence-corrected chi connectivity index (χ1v) is 12.1. The Morgan fingerprint density at radius 2 is 1.34 bits per heavy atom. The molecule has 0 aliphatic carbocycles. The minimum atomic E-state index is 0.0449. The lowest BCUT2D eigenvalue weighted by Gasteiger charge is -2.26. The van der Waals surface area contributed by atoms with Crippen LogP contribution in [0.3, 0.4) is 0 Å². The Morgan fingerprint density at radius 1 is 0.714 bits per heavy atom. The van der Waals surface area contributed by atoms with E-state index in [1.807, 2.05) is 42.3 Å². The molecule has 0 spiro atoms. The first-order valence-electron chi connectivity index (χ1n) is 12.1. The molecule has 0 bridgehead atoms. The van der Waals surface area contributed by atoms with Gasteiger partial charge >= 0.3 is 0 Å². The topological polar surface area (TPSA) is 35.6 Å². The Balaban J connectivity index is 1.32. The largest absolute Gasteiger partial charge is 0.342 e. The van der Waals surface area contributed by atoms with Crippen molar-refractivity contribution in [2.75, 3.05) is 29.9 Å². The van der Waals surface area contributed by atoms with Gasteiger partial charge in [0.25, 0.3) is 5.91 Å². The maximum atomic E-state index is 13.6. The molecule has 4 nitrogen and oxygen atoms in total. The third-order valence-corrected chi connectivity index (χ3v) is 6.89. The molecule has 0 saturated heterocycles. The third-order valence-electron chi connectivity index (χ3n) is 6.89. The number of aryl methyl sites for hydroxylation is 2. The molecule has 0 fully saturated rings. The highest BCUT2D eigenvalue weighted by molar-refractivity contribution is 6.14. The molecule has 1 amide bonds. The first kappa shape index (κ1) is 22.9. The SMILES string of the molecule is Cc1cc2c(cc1C)N(C)c1ccccc1C(=O)N2CCNCc1ccc(-c2ccccc2)cc1. The Kier molecular flexibility index (Phi) is 6.39. The van der Waals surface area contributed by atoms with Gasteiger partial charge in [0.2, 0.25) is 0 Å². The Bertz CT molecular complexity index is 1350. The minimum absolute atomic E-state index is 0.0449. The number of para-hydroxylation sites is 1. The molecule has 5 rings (SSSR count). The Labute approximate surface area is 207 Å². The lowest BCUT2D eigenvalue weighted by Crippen LogP contribution is -2.36. The number of hydrogen-bond donors (Lipinski definition) is 1. The predicted octanol–water partition coefficient (Wildman–Crippen LogP) is 6.49. The average Bonchev–Trinajstić information content (AvgIpc) is 2.97. The lowest BCUT2D eigenvalue weighted by molar-refractivity contribution is 0.0988. The first-order chi connectivity index (χ1) is 17.0. The zero-order valence-corrected chi connectivity index (χ0v) is 20.6. The summed E-state index contributed by atoms with van der Waals surface area (Å²) >= 11 is 0. The van der Waals surface area contributed by atoms with Crippen LogP contribution in [0.25, 0.3) is 11.1 Å². The summed E-state index contributed by atoms with van der Waals surface area (Å²) in [6, 6.07) is 31.3. The quantitative estimate of drug-likeness (QED) is 0.334. The molecule has 4 aromatic rings. The number of carbonyl (C=O) groups excluding carboxylic acids is 1. The molecule has 4 aromatic carbocycles. The number of nitrogens with zero attached hydrogens (tertiary/aromatic N) is 2. The fourth-order valence-electron chi connectivity index (χ4n) is 4.69. The van der Waals surface area contributed by atoms with Gasteiger partial charge in [-0.1, -0.05) is 66.7 Å². The van der Waals surface area contributed by atoms with Crippen LogP contribution < -0.4 is 15.1 Å². The Morgan fingerprint density at radius 3 is 2.09 bits per heavy atom. The number of rotatable bonds is 6. The second-order valence-corrected chi connectivity index (χ2v) is 9.20. The molecule has 4 heteroatoms. The van der Waals surface area contributed by atoms with Crippen molar-refractivity contribution in [2.24, 2.45) is 0 Å². The number of anilines is 3. The molecule has 1 aliphatic rings. The van der Waals surface area contributed by atoms with E-state index < -0.39 is 0 Å². The highest BCUT2D eigenvalue weighted by Gasteiger charge is 2.29. The van der Waals surface area contributed by atoms with E-state index in [0.29, 0.717) is 13.1 Å². The van der Waals surface area contributed by atoms with Crippen LogP contribution in [0.1, 0.15) is 27.0 Å². The molecule has 35 heavy (non-hydrogen) atoms. The van der Waals surface area contributed by atoms with Crippen LogP contribution in [0.15, 0.2) is 91.0 Å². The molecule has 1 N–H and O–H groups in total. The summed E-state index contributed by atoms with van der Waals surface area (Å²) in [5.41, 5.74) is 9.77. The van der Waals surface area contributed by atoms with Crippen LogP contribution in [-0.4, -0.2) is 26.0 Å². The molecule has 1 aliphatic heterocycles. The highest BCUT2D eigenvalue weighted by atomic mass is 16.2. The van der Waals surface area contributed by atoms with Crippen molar-refractivity contribution in [1.82, 2.24) is 5.32 Å². The van der Waals surface area contributed by atoms with Crippen molar-refractivity contribution in [3.05, 3.63) is 113 Å². The van der Waals surface area contributed by atoms with Gasteiger partial charge in [-0.3, -0.25) is 4.79 Å². The maximum Gasteiger partial charge on any atom is 0.260 e. The van der Waals surface area contributed by atoms with E-state index in [-0.39, 0.29) is 5.91 Å². The monoisotopic (exact) mass is 461 g/mol. The van der Waals surface area contributed by atoms with Crippen molar-refractivity contribution in [1.29, 1.82) is 0 Å². The number of amides is 1. The molecule has 1 heterocycles. The summed E-state index contributed by atoms with van der Waals surface area (Å²) in [4.78, 5) is 17.7. The van der Waals surface area contributed by atoms with E-state index in [4.69, 9.17) is 0 Å². The van der Waals surface area contributed by atoms with Crippen LogP contribution >= 0.6 is 0 Å². The van der Waals surface area contributed by atoms with Gasteiger partial charge in [-0.05, 0) is 65.9 Å². The van der Waals surface area contributed by atoms with Gasteiger partial charge in [0.05, 0.1) is 22.6 Å². The van der Waals surface area contributed by atoms with Gasteiger partial charge < -0.3 is 15.1 Å². The van der Waals surface area contributed by atoms with E-state index in [2.05, 4.69) is 84.7 Å². The van der Waals surface area contributed by atoms with Gasteiger partial charge in [0, 0.05) is 26.7 Å². The molecular formula is C31H31N3O. The summed E-state index contributed by atoms with van der Waals surface area (Å²) in [5, 5.41) is 3.53. The summed E-state index contributed by atoms with van der Waals surface area (Å²) in [6.07, 6.45) is 0. The van der Waals surface area contributed by atoms with Crippen molar-refractivity contribution >= 4 is 23.0 Å². The van der Waals surface area contributed by atoms with Gasteiger partial charge in [0.15, 0.2) is 0 Å². The standard InChI is InChI=1S/C31H31N3O/c1-22-19-29-30(20-23(22)2)34(31(35)27-11-7-8-12-28(27)33(29)3)18-17-32-21-24-13-15-26(16-14-24)25-9-5-4-6-10-25/h4-16,19-20,32H,17-18,21H2,1-3H3. The molecule has 0 unspecified atom stereocenters. The van der Waals surface area contributed by atoms with Gasteiger partial charge in [-0.15, -0.1) is 0 Å². The maximum absolute atomic E-state index is 13.6. The third kappa shape index (κ3) is 4.58. The number of hydrogen-bond acceptors (Lipinski definition) is 3. The molecule has 0 radical (unpaired) electrons. The minimum Gasteiger partial charge on any atom is -0.342 e. The van der Waals surface area contributed by atoms with E-state index in [9.17, 15) is 4.79 Å². The second kappa shape index (κ2) is 9.77. The summed E-state index contributed by atoms with van der Waals surface area (Å²) in [7, 11) is 2.04. The summed E-state index contributed by atoms with van der Waals surface area (Å²) in [5.74, 6) is 0.0449. The zero-order chi connectivity index (χ0) is 24.4. The highest BCUT2D eigenvalue weighted by Crippen LogP contribution is 2.40. The smallest absolute Gasteiger partial charge is 0.260 e. The fraction of sp³-hybridized carbons (Fsp3) is 0.194. The van der Waals surface area contributed by atoms with Gasteiger partial charge in [-0.25, -0.2) is 0 Å². The number of benzene rings is 4. The molecule has 0 aromatic heterocycles. The van der Waals surface area contributed by atoms with Crippen molar-refractivity contribution in [2.45, 2.75) is 20.4 Å². The van der Waals surface area contributed by atoms with Crippen LogP contribution in [0.4, 0.5) is 17.1 Å². The van der Waals surface area contributed by atoms with Crippen molar-refractivity contribution in [3.63, 3.8) is 0 Å². The van der Waals surface area contributed by atoms with E-state index in [1.54, 1.807) is 0 Å². The van der Waals surface area contributed by atoms with E-state index >= 15 is 0 Å². The predicted molar refractivity (Wildman–Crippen MR) is 146 cm³/mol. The number of fused-ring (bicyclic) bond motifs is 2. The average molecular weight is 462 g/mol. The Hall–Kier alpha value is -3.89. The fourth-order valence-corrected chi connectivity index (χ4v) is 4.69. The van der Waals surface area contributed by atoms with Crippen molar-refractivity contribution < 1.29 is 4.79 Å². The lowest BCUT2D eigenvalue weighted by atomic mass is 10.0. The van der Waals surface area contributed by atoms with E-state index in [0.717, 1.165) is 29.2 Å². The molecule has 0 saturated carbocycles. The van der Waals surface area contributed by atoms with Crippen LogP contribution in [-0.2, 0) is 6.54 Å². The molecule has 0 atom stereocenters. The normalized spacial score (nSPS) is 12.8. The zero-order valence-electron chi connectivity index (χ0n) is 20.6.